The molecule has 1 aliphatic rings. The minimum Gasteiger partial charge on any atom is -0.481 e. The molecule has 0 bridgehead atoms. The summed E-state index contributed by atoms with van der Waals surface area (Å²) in [5.74, 6) is -2.64. The van der Waals surface area contributed by atoms with E-state index in [0.717, 1.165) is 19.3 Å². The van der Waals surface area contributed by atoms with E-state index >= 15 is 0 Å². The fourth-order valence-electron chi connectivity index (χ4n) is 2.20. The largest absolute Gasteiger partial charge is 0.481 e. The van der Waals surface area contributed by atoms with Gasteiger partial charge in [-0.25, -0.2) is 9.59 Å². The molecule has 4 N–H and O–H groups in total. The van der Waals surface area contributed by atoms with Crippen molar-refractivity contribution in [3.63, 3.8) is 0 Å². The van der Waals surface area contributed by atoms with Crippen LogP contribution in [0.4, 0.5) is 4.79 Å². The molecule has 20 heavy (non-hydrogen) atoms. The average molecular weight is 287 g/mol. The molecule has 1 aliphatic carbocycles. The van der Waals surface area contributed by atoms with Crippen molar-refractivity contribution < 1.29 is 24.6 Å². The smallest absolute Gasteiger partial charge is 0.326 e. The standard InChI is InChI=1S/C12H21N3O5/c1-15(2)12(4-3-5-12)7-13-11(20)14-8(10(18)19)6-9(16)17/h8H,3-7H2,1-2H3,(H,16,17)(H,18,19)(H2,13,14,20)/t8-/m0/s1. The topological polar surface area (TPSA) is 119 Å². The van der Waals surface area contributed by atoms with E-state index in [1.54, 1.807) is 0 Å². The number of carboxylic acid groups (broad SMARTS) is 2. The summed E-state index contributed by atoms with van der Waals surface area (Å²) >= 11 is 0. The SMILES string of the molecule is CN(C)C1(CNC(=O)N[C@@H](CC(=O)O)C(=O)O)CCC1. The van der Waals surface area contributed by atoms with E-state index in [1.807, 2.05) is 19.0 Å². The molecule has 0 radical (unpaired) electrons. The maximum absolute atomic E-state index is 11.7. The van der Waals surface area contributed by atoms with Crippen LogP contribution in [-0.2, 0) is 9.59 Å². The second kappa shape index (κ2) is 6.56. The molecule has 0 unspecified atom stereocenters. The number of nitrogens with one attached hydrogen (secondary N) is 2. The van der Waals surface area contributed by atoms with Crippen LogP contribution in [0.15, 0.2) is 0 Å². The van der Waals surface area contributed by atoms with Gasteiger partial charge in [0.15, 0.2) is 0 Å². The molecule has 1 fully saturated rings. The Morgan fingerprint density at radius 3 is 2.20 bits per heavy atom. The van der Waals surface area contributed by atoms with Gasteiger partial charge in [-0.15, -0.1) is 0 Å². The number of amides is 2. The third-order valence-corrected chi connectivity index (χ3v) is 3.79. The van der Waals surface area contributed by atoms with Crippen LogP contribution in [0.3, 0.4) is 0 Å². The fourth-order valence-corrected chi connectivity index (χ4v) is 2.20. The van der Waals surface area contributed by atoms with Crippen LogP contribution in [0.25, 0.3) is 0 Å². The normalized spacial score (nSPS) is 17.9. The van der Waals surface area contributed by atoms with Gasteiger partial charge >= 0.3 is 18.0 Å². The van der Waals surface area contributed by atoms with E-state index in [9.17, 15) is 14.4 Å². The highest BCUT2D eigenvalue weighted by molar-refractivity contribution is 5.86. The highest BCUT2D eigenvalue weighted by Gasteiger charge is 2.39. The third kappa shape index (κ3) is 4.09. The van der Waals surface area contributed by atoms with Crippen molar-refractivity contribution in [3.8, 4) is 0 Å². The van der Waals surface area contributed by atoms with Gasteiger partial charge < -0.3 is 25.7 Å². The van der Waals surface area contributed by atoms with E-state index < -0.39 is 30.4 Å². The van der Waals surface area contributed by atoms with E-state index in [2.05, 4.69) is 10.6 Å². The van der Waals surface area contributed by atoms with Gasteiger partial charge in [0.2, 0.25) is 0 Å². The number of hydrogen-bond donors (Lipinski definition) is 4. The Morgan fingerprint density at radius 1 is 1.25 bits per heavy atom. The number of likely N-dealkylation sites (N-methyl/N-ethyl adjacent to an activating group) is 1. The molecule has 0 aromatic heterocycles. The average Bonchev–Trinajstić information content (AvgIpc) is 2.25. The predicted molar refractivity (Wildman–Crippen MR) is 70.5 cm³/mol. The number of carbonyl (C=O) groups is 3. The zero-order chi connectivity index (χ0) is 15.3. The zero-order valence-corrected chi connectivity index (χ0v) is 11.7. The van der Waals surface area contributed by atoms with Gasteiger partial charge in [-0.05, 0) is 33.4 Å². The molecule has 2 amide bonds. The zero-order valence-electron chi connectivity index (χ0n) is 11.7. The van der Waals surface area contributed by atoms with Gasteiger partial charge in [-0.2, -0.15) is 0 Å². The Hall–Kier alpha value is -1.83. The lowest BCUT2D eigenvalue weighted by Gasteiger charge is -2.47. The van der Waals surface area contributed by atoms with E-state index in [1.165, 1.54) is 0 Å². The van der Waals surface area contributed by atoms with Gasteiger partial charge in [0, 0.05) is 12.1 Å². The van der Waals surface area contributed by atoms with Gasteiger partial charge in [-0.3, -0.25) is 4.79 Å². The van der Waals surface area contributed by atoms with Crippen molar-refractivity contribution in [2.45, 2.75) is 37.3 Å². The molecule has 1 saturated carbocycles. The summed E-state index contributed by atoms with van der Waals surface area (Å²) in [4.78, 5) is 35.0. The molecule has 1 atom stereocenters. The molecule has 8 heteroatoms. The number of urea groups is 1. The fraction of sp³-hybridized carbons (Fsp3) is 0.750. The minimum atomic E-state index is -1.43. The van der Waals surface area contributed by atoms with Crippen molar-refractivity contribution in [2.75, 3.05) is 20.6 Å². The molecule has 8 nitrogen and oxygen atoms in total. The number of carboxylic acids is 2. The number of rotatable bonds is 7. The van der Waals surface area contributed by atoms with Crippen molar-refractivity contribution in [2.24, 2.45) is 0 Å². The van der Waals surface area contributed by atoms with Crippen molar-refractivity contribution >= 4 is 18.0 Å². The van der Waals surface area contributed by atoms with Crippen LogP contribution < -0.4 is 10.6 Å². The number of hydrogen-bond acceptors (Lipinski definition) is 4. The summed E-state index contributed by atoms with van der Waals surface area (Å²) < 4.78 is 0. The molecule has 0 aromatic carbocycles. The summed E-state index contributed by atoms with van der Waals surface area (Å²) in [6.07, 6.45) is 2.38. The van der Waals surface area contributed by atoms with Crippen LogP contribution in [0, 0.1) is 0 Å². The molecule has 0 spiro atoms. The Balaban J connectivity index is 2.46. The van der Waals surface area contributed by atoms with Crippen molar-refractivity contribution in [1.29, 1.82) is 0 Å². The summed E-state index contributed by atoms with van der Waals surface area (Å²) in [7, 11) is 3.87. The first-order chi connectivity index (χ1) is 9.27. The Bertz CT molecular complexity index is 393. The lowest BCUT2D eigenvalue weighted by molar-refractivity contribution is -0.145. The van der Waals surface area contributed by atoms with Gasteiger partial charge in [0.25, 0.3) is 0 Å². The molecule has 0 heterocycles. The first-order valence-corrected chi connectivity index (χ1v) is 6.43. The van der Waals surface area contributed by atoms with Crippen LogP contribution in [0.1, 0.15) is 25.7 Å². The first kappa shape index (κ1) is 16.2. The Kier molecular flexibility index (Phi) is 5.32. The van der Waals surface area contributed by atoms with Gasteiger partial charge in [0.1, 0.15) is 6.04 Å². The number of carbonyl (C=O) groups excluding carboxylic acids is 1. The van der Waals surface area contributed by atoms with Crippen LogP contribution in [-0.4, -0.2) is 65.3 Å². The predicted octanol–water partition coefficient (Wildman–Crippen LogP) is -0.302. The molecule has 0 saturated heterocycles. The summed E-state index contributed by atoms with van der Waals surface area (Å²) in [5, 5.41) is 22.2. The highest BCUT2D eigenvalue weighted by atomic mass is 16.4. The Labute approximate surface area is 117 Å². The van der Waals surface area contributed by atoms with E-state index in [-0.39, 0.29) is 5.54 Å². The van der Waals surface area contributed by atoms with E-state index in [4.69, 9.17) is 10.2 Å². The maximum Gasteiger partial charge on any atom is 0.326 e. The first-order valence-electron chi connectivity index (χ1n) is 6.43. The second-order valence-corrected chi connectivity index (χ2v) is 5.29. The summed E-state index contributed by atoms with van der Waals surface area (Å²) in [6, 6.07) is -2.09. The third-order valence-electron chi connectivity index (χ3n) is 3.79. The quantitative estimate of drug-likeness (QED) is 0.510. The Morgan fingerprint density at radius 2 is 1.85 bits per heavy atom. The number of aliphatic carboxylic acids is 2. The maximum atomic E-state index is 11.7. The lowest BCUT2D eigenvalue weighted by Crippen LogP contribution is -2.59. The van der Waals surface area contributed by atoms with Crippen LogP contribution in [0.2, 0.25) is 0 Å². The molecule has 0 aromatic rings. The minimum absolute atomic E-state index is 0.0805. The molecule has 0 aliphatic heterocycles. The molecule has 1 rings (SSSR count). The van der Waals surface area contributed by atoms with Crippen LogP contribution in [0.5, 0.6) is 0 Å². The van der Waals surface area contributed by atoms with Crippen molar-refractivity contribution in [3.05, 3.63) is 0 Å². The molecular weight excluding hydrogens is 266 g/mol. The second-order valence-electron chi connectivity index (χ2n) is 5.29. The van der Waals surface area contributed by atoms with E-state index in [0.29, 0.717) is 6.54 Å². The lowest BCUT2D eigenvalue weighted by atomic mass is 9.75. The monoisotopic (exact) mass is 287 g/mol. The summed E-state index contributed by atoms with van der Waals surface area (Å²) in [5.41, 5.74) is -0.0805. The van der Waals surface area contributed by atoms with Crippen LogP contribution >= 0.6 is 0 Å². The summed E-state index contributed by atoms with van der Waals surface area (Å²) in [6.45, 7) is 0.408. The molecular formula is C12H21N3O5. The van der Waals surface area contributed by atoms with Crippen molar-refractivity contribution in [1.82, 2.24) is 15.5 Å². The number of nitrogens with zero attached hydrogens (tertiary/aromatic N) is 1. The highest BCUT2D eigenvalue weighted by Crippen LogP contribution is 2.35. The van der Waals surface area contributed by atoms with Gasteiger partial charge in [-0.1, -0.05) is 0 Å². The molecule has 114 valence electrons. The van der Waals surface area contributed by atoms with Gasteiger partial charge in [0.05, 0.1) is 6.42 Å².